The van der Waals surface area contributed by atoms with Gasteiger partial charge in [-0.15, -0.1) is 11.8 Å². The molecule has 0 heterocycles. The molecule has 0 unspecified atom stereocenters. The summed E-state index contributed by atoms with van der Waals surface area (Å²) < 4.78 is 0. The van der Waals surface area contributed by atoms with Gasteiger partial charge in [0.15, 0.2) is 0 Å². The SMILES string of the molecule is CN(C)CCCN(C)C(=O)CS[C@@H]1CCCC[C@H]1SCc1ccc(Cl)cc1. The van der Waals surface area contributed by atoms with E-state index in [1.807, 2.05) is 47.6 Å². The first-order valence-electron chi connectivity index (χ1n) is 9.82. The molecular formula is C21H33ClN2OS2. The van der Waals surface area contributed by atoms with Crippen LogP contribution in [0.5, 0.6) is 0 Å². The molecule has 1 aliphatic rings. The summed E-state index contributed by atoms with van der Waals surface area (Å²) >= 11 is 9.90. The highest BCUT2D eigenvalue weighted by Gasteiger charge is 2.27. The molecule has 1 aliphatic carbocycles. The fourth-order valence-electron chi connectivity index (χ4n) is 3.27. The lowest BCUT2D eigenvalue weighted by Crippen LogP contribution is -2.33. The molecule has 2 atom stereocenters. The average Bonchev–Trinajstić information content (AvgIpc) is 2.66. The number of thioether (sulfide) groups is 2. The normalized spacial score (nSPS) is 20.0. The second-order valence-corrected chi connectivity index (χ2v) is 10.5. The topological polar surface area (TPSA) is 23.6 Å². The third-order valence-electron chi connectivity index (χ3n) is 4.96. The van der Waals surface area contributed by atoms with Gasteiger partial charge >= 0.3 is 0 Å². The zero-order valence-corrected chi connectivity index (χ0v) is 19.2. The largest absolute Gasteiger partial charge is 0.345 e. The number of nitrogens with zero attached hydrogens (tertiary/aromatic N) is 2. The lowest BCUT2D eigenvalue weighted by atomic mass is 10.00. The van der Waals surface area contributed by atoms with Crippen molar-refractivity contribution in [1.29, 1.82) is 0 Å². The molecule has 2 rings (SSSR count). The van der Waals surface area contributed by atoms with Gasteiger partial charge in [-0.05, 0) is 57.6 Å². The standard InChI is InChI=1S/C21H33ClN2OS2/c1-23(2)13-6-14-24(3)21(25)16-27-20-8-5-4-7-19(20)26-15-17-9-11-18(22)12-10-17/h9-12,19-20H,4-8,13-16H2,1-3H3/t19-,20-/m1/s1. The highest BCUT2D eigenvalue weighted by molar-refractivity contribution is 8.03. The van der Waals surface area contributed by atoms with E-state index in [2.05, 4.69) is 31.1 Å². The fraction of sp³-hybridized carbons (Fsp3) is 0.667. The second-order valence-electron chi connectivity index (χ2n) is 7.58. The Morgan fingerprint density at radius 1 is 1.04 bits per heavy atom. The van der Waals surface area contributed by atoms with Crippen molar-refractivity contribution in [2.24, 2.45) is 0 Å². The van der Waals surface area contributed by atoms with E-state index in [1.54, 1.807) is 0 Å². The van der Waals surface area contributed by atoms with Gasteiger partial charge in [-0.1, -0.05) is 36.6 Å². The Morgan fingerprint density at radius 3 is 2.30 bits per heavy atom. The number of rotatable bonds is 10. The van der Waals surface area contributed by atoms with E-state index >= 15 is 0 Å². The number of halogens is 1. The molecule has 0 bridgehead atoms. The molecule has 1 amide bonds. The molecule has 1 saturated carbocycles. The van der Waals surface area contributed by atoms with E-state index in [0.29, 0.717) is 16.3 Å². The Kier molecular flexibility index (Phi) is 10.4. The van der Waals surface area contributed by atoms with Crippen molar-refractivity contribution in [3.63, 3.8) is 0 Å². The zero-order chi connectivity index (χ0) is 19.6. The Morgan fingerprint density at radius 2 is 1.67 bits per heavy atom. The lowest BCUT2D eigenvalue weighted by molar-refractivity contribution is -0.127. The summed E-state index contributed by atoms with van der Waals surface area (Å²) in [6.45, 7) is 1.87. The van der Waals surface area contributed by atoms with E-state index in [9.17, 15) is 4.79 Å². The number of amides is 1. The summed E-state index contributed by atoms with van der Waals surface area (Å²) in [6, 6.07) is 8.17. The molecule has 1 fully saturated rings. The minimum absolute atomic E-state index is 0.269. The van der Waals surface area contributed by atoms with Crippen LogP contribution in [-0.4, -0.2) is 66.2 Å². The van der Waals surface area contributed by atoms with Gasteiger partial charge in [-0.2, -0.15) is 11.8 Å². The van der Waals surface area contributed by atoms with Gasteiger partial charge in [0, 0.05) is 34.9 Å². The summed E-state index contributed by atoms with van der Waals surface area (Å²) in [5, 5.41) is 2.03. The van der Waals surface area contributed by atoms with Gasteiger partial charge in [-0.3, -0.25) is 4.79 Å². The molecule has 3 nitrogen and oxygen atoms in total. The van der Waals surface area contributed by atoms with Crippen LogP contribution in [0.4, 0.5) is 0 Å². The monoisotopic (exact) mass is 428 g/mol. The lowest BCUT2D eigenvalue weighted by Gasteiger charge is -2.31. The van der Waals surface area contributed by atoms with Crippen LogP contribution in [0.15, 0.2) is 24.3 Å². The molecule has 27 heavy (non-hydrogen) atoms. The van der Waals surface area contributed by atoms with Gasteiger partial charge in [0.1, 0.15) is 0 Å². The van der Waals surface area contributed by atoms with Gasteiger partial charge < -0.3 is 9.80 Å². The molecule has 1 aromatic carbocycles. The van der Waals surface area contributed by atoms with Crippen LogP contribution in [0.1, 0.15) is 37.7 Å². The minimum Gasteiger partial charge on any atom is -0.345 e. The second kappa shape index (κ2) is 12.3. The summed E-state index contributed by atoms with van der Waals surface area (Å²) in [6.07, 6.45) is 6.14. The Hall–Kier alpha value is -0.360. The van der Waals surface area contributed by atoms with Crippen LogP contribution < -0.4 is 0 Å². The highest BCUT2D eigenvalue weighted by Crippen LogP contribution is 2.37. The Bertz CT molecular complexity index is 568. The van der Waals surface area contributed by atoms with Crippen molar-refractivity contribution in [2.45, 2.75) is 48.4 Å². The van der Waals surface area contributed by atoms with Gasteiger partial charge in [0.25, 0.3) is 0 Å². The molecule has 0 N–H and O–H groups in total. The smallest absolute Gasteiger partial charge is 0.232 e. The highest BCUT2D eigenvalue weighted by atomic mass is 35.5. The van der Waals surface area contributed by atoms with Gasteiger partial charge in [0.2, 0.25) is 5.91 Å². The van der Waals surface area contributed by atoms with Crippen molar-refractivity contribution in [3.05, 3.63) is 34.9 Å². The first-order valence-corrected chi connectivity index (χ1v) is 12.3. The van der Waals surface area contributed by atoms with Crippen LogP contribution in [0.3, 0.4) is 0 Å². The fourth-order valence-corrected chi connectivity index (χ4v) is 6.41. The number of benzene rings is 1. The maximum atomic E-state index is 12.5. The molecule has 1 aromatic rings. The van der Waals surface area contributed by atoms with Crippen molar-refractivity contribution in [3.8, 4) is 0 Å². The zero-order valence-electron chi connectivity index (χ0n) is 16.8. The molecule has 0 saturated heterocycles. The van der Waals surface area contributed by atoms with E-state index in [4.69, 9.17) is 11.6 Å². The summed E-state index contributed by atoms with van der Waals surface area (Å²) in [7, 11) is 6.08. The molecule has 0 aromatic heterocycles. The van der Waals surface area contributed by atoms with Crippen LogP contribution in [-0.2, 0) is 10.5 Å². The van der Waals surface area contributed by atoms with E-state index in [1.165, 1.54) is 31.2 Å². The average molecular weight is 429 g/mol. The van der Waals surface area contributed by atoms with Crippen LogP contribution in [0.2, 0.25) is 5.02 Å². The van der Waals surface area contributed by atoms with Crippen molar-refractivity contribution < 1.29 is 4.79 Å². The molecular weight excluding hydrogens is 396 g/mol. The molecule has 0 radical (unpaired) electrons. The number of hydrogen-bond acceptors (Lipinski definition) is 4. The summed E-state index contributed by atoms with van der Waals surface area (Å²) in [4.78, 5) is 16.5. The number of carbonyl (C=O) groups excluding carboxylic acids is 1. The number of hydrogen-bond donors (Lipinski definition) is 0. The molecule has 0 aliphatic heterocycles. The van der Waals surface area contributed by atoms with Crippen molar-refractivity contribution in [2.75, 3.05) is 40.0 Å². The maximum Gasteiger partial charge on any atom is 0.232 e. The van der Waals surface area contributed by atoms with E-state index in [-0.39, 0.29) is 5.91 Å². The number of carbonyl (C=O) groups is 1. The first kappa shape index (κ1) is 22.9. The Balaban J connectivity index is 1.75. The molecule has 0 spiro atoms. The third kappa shape index (κ3) is 8.68. The van der Waals surface area contributed by atoms with Crippen LogP contribution >= 0.6 is 35.1 Å². The summed E-state index contributed by atoms with van der Waals surface area (Å²) in [5.41, 5.74) is 1.33. The van der Waals surface area contributed by atoms with E-state index in [0.717, 1.165) is 30.3 Å². The predicted octanol–water partition coefficient (Wildman–Crippen LogP) is 5.03. The third-order valence-corrected chi connectivity index (χ3v) is 8.29. The maximum absolute atomic E-state index is 12.5. The summed E-state index contributed by atoms with van der Waals surface area (Å²) in [5.74, 6) is 1.91. The minimum atomic E-state index is 0.269. The van der Waals surface area contributed by atoms with Gasteiger partial charge in [0.05, 0.1) is 5.75 Å². The molecule has 152 valence electrons. The van der Waals surface area contributed by atoms with Gasteiger partial charge in [-0.25, -0.2) is 0 Å². The predicted molar refractivity (Wildman–Crippen MR) is 122 cm³/mol. The Labute approximate surface area is 178 Å². The van der Waals surface area contributed by atoms with Crippen LogP contribution in [0.25, 0.3) is 0 Å². The van der Waals surface area contributed by atoms with Crippen molar-refractivity contribution in [1.82, 2.24) is 9.80 Å². The van der Waals surface area contributed by atoms with Crippen LogP contribution in [0, 0.1) is 0 Å². The van der Waals surface area contributed by atoms with Crippen molar-refractivity contribution >= 4 is 41.0 Å². The van der Waals surface area contributed by atoms with E-state index < -0.39 is 0 Å². The molecule has 6 heteroatoms. The first-order chi connectivity index (χ1) is 13.0. The quantitative estimate of drug-likeness (QED) is 0.521.